The van der Waals surface area contributed by atoms with Gasteiger partial charge in [-0.2, -0.15) is 0 Å². The molecule has 2 rings (SSSR count). The second-order valence-corrected chi connectivity index (χ2v) is 6.36. The summed E-state index contributed by atoms with van der Waals surface area (Å²) in [6.45, 7) is 4.05. The number of carbonyl (C=O) groups excluding carboxylic acids is 1. The maximum absolute atomic E-state index is 12.5. The Morgan fingerprint density at radius 3 is 2.37 bits per heavy atom. The zero-order valence-electron chi connectivity index (χ0n) is 12.1. The van der Waals surface area contributed by atoms with Crippen LogP contribution < -0.4 is 5.73 Å². The summed E-state index contributed by atoms with van der Waals surface area (Å²) in [4.78, 5) is 12.5. The lowest BCUT2D eigenvalue weighted by atomic mass is 9.78. The van der Waals surface area contributed by atoms with Crippen LogP contribution in [0.2, 0.25) is 0 Å². The Balaban J connectivity index is 1.97. The first-order chi connectivity index (χ1) is 9.00. The third-order valence-corrected chi connectivity index (χ3v) is 4.58. The van der Waals surface area contributed by atoms with Crippen molar-refractivity contribution in [1.29, 1.82) is 0 Å². The van der Waals surface area contributed by atoms with Crippen LogP contribution in [0.5, 0.6) is 0 Å². The molecule has 0 saturated heterocycles. The molecule has 0 aromatic heterocycles. The van der Waals surface area contributed by atoms with Crippen molar-refractivity contribution in [2.45, 2.75) is 57.8 Å². The third kappa shape index (κ3) is 3.37. The Morgan fingerprint density at radius 2 is 1.79 bits per heavy atom. The van der Waals surface area contributed by atoms with Gasteiger partial charge in [0.25, 0.3) is 0 Å². The van der Waals surface area contributed by atoms with Gasteiger partial charge < -0.3 is 5.73 Å². The molecule has 1 aromatic rings. The number of hydrogen-bond acceptors (Lipinski definition) is 2. The highest BCUT2D eigenvalue weighted by Crippen LogP contribution is 2.32. The molecular weight excluding hydrogens is 234 g/mol. The molecule has 0 spiro atoms. The lowest BCUT2D eigenvalue weighted by Crippen LogP contribution is -2.29. The summed E-state index contributed by atoms with van der Waals surface area (Å²) in [7, 11) is 0. The molecule has 0 atom stereocenters. The third-order valence-electron chi connectivity index (χ3n) is 4.58. The highest BCUT2D eigenvalue weighted by Gasteiger charge is 2.29. The van der Waals surface area contributed by atoms with E-state index in [9.17, 15) is 4.79 Å². The van der Waals surface area contributed by atoms with Gasteiger partial charge in [0.05, 0.1) is 0 Å². The van der Waals surface area contributed by atoms with Gasteiger partial charge in [0.1, 0.15) is 5.78 Å². The molecule has 0 unspecified atom stereocenters. The quantitative estimate of drug-likeness (QED) is 0.809. The van der Waals surface area contributed by atoms with E-state index < -0.39 is 5.41 Å². The molecule has 2 nitrogen and oxygen atoms in total. The molecule has 2 heteroatoms. The standard InChI is InChI=1S/C17H25NO/c1-17(2,14-8-10-15(18)11-9-14)16(19)12-7-13-5-3-4-6-13/h8-11,13H,3-7,12,18H2,1-2H3. The van der Waals surface area contributed by atoms with Crippen LogP contribution in [-0.2, 0) is 10.2 Å². The largest absolute Gasteiger partial charge is 0.399 e. The average molecular weight is 259 g/mol. The van der Waals surface area contributed by atoms with Crippen molar-refractivity contribution in [2.24, 2.45) is 5.92 Å². The number of anilines is 1. The molecule has 1 aliphatic rings. The molecule has 1 saturated carbocycles. The number of hydrogen-bond donors (Lipinski definition) is 1. The smallest absolute Gasteiger partial charge is 0.142 e. The zero-order valence-corrected chi connectivity index (χ0v) is 12.1. The lowest BCUT2D eigenvalue weighted by molar-refractivity contribution is -0.123. The minimum atomic E-state index is -0.397. The van der Waals surface area contributed by atoms with Crippen LogP contribution in [0.3, 0.4) is 0 Å². The highest BCUT2D eigenvalue weighted by molar-refractivity contribution is 5.89. The Labute approximate surface area is 116 Å². The van der Waals surface area contributed by atoms with E-state index in [1.165, 1.54) is 25.7 Å². The van der Waals surface area contributed by atoms with E-state index in [0.29, 0.717) is 12.2 Å². The highest BCUT2D eigenvalue weighted by atomic mass is 16.1. The number of rotatable bonds is 5. The van der Waals surface area contributed by atoms with Gasteiger partial charge in [0.15, 0.2) is 0 Å². The van der Waals surface area contributed by atoms with E-state index in [4.69, 9.17) is 5.73 Å². The van der Waals surface area contributed by atoms with E-state index in [1.807, 2.05) is 38.1 Å². The van der Waals surface area contributed by atoms with Crippen molar-refractivity contribution in [1.82, 2.24) is 0 Å². The predicted molar refractivity (Wildman–Crippen MR) is 80.1 cm³/mol. The lowest BCUT2D eigenvalue weighted by Gasteiger charge is -2.24. The van der Waals surface area contributed by atoms with Gasteiger partial charge in [-0.1, -0.05) is 37.8 Å². The summed E-state index contributed by atoms with van der Waals surface area (Å²) in [6.07, 6.45) is 7.10. The molecule has 0 amide bonds. The molecule has 104 valence electrons. The molecule has 0 heterocycles. The van der Waals surface area contributed by atoms with Crippen LogP contribution in [0.25, 0.3) is 0 Å². The molecule has 0 aliphatic heterocycles. The van der Waals surface area contributed by atoms with Crippen molar-refractivity contribution in [3.8, 4) is 0 Å². The Hall–Kier alpha value is -1.31. The summed E-state index contributed by atoms with van der Waals surface area (Å²) < 4.78 is 0. The van der Waals surface area contributed by atoms with Gasteiger partial charge in [-0.15, -0.1) is 0 Å². The SMILES string of the molecule is CC(C)(C(=O)CCC1CCCC1)c1ccc(N)cc1. The van der Waals surface area contributed by atoms with Crippen LogP contribution in [0, 0.1) is 5.92 Å². The van der Waals surface area contributed by atoms with Crippen molar-refractivity contribution in [2.75, 3.05) is 5.73 Å². The molecule has 1 fully saturated rings. The summed E-state index contributed by atoms with van der Waals surface area (Å²) in [5, 5.41) is 0. The summed E-state index contributed by atoms with van der Waals surface area (Å²) in [5.74, 6) is 1.13. The van der Waals surface area contributed by atoms with Gasteiger partial charge in [-0.25, -0.2) is 0 Å². The first-order valence-corrected chi connectivity index (χ1v) is 7.39. The number of Topliss-reactive ketones (excluding diaryl/α,β-unsaturated/α-hetero) is 1. The van der Waals surface area contributed by atoms with Gasteiger partial charge >= 0.3 is 0 Å². The summed E-state index contributed by atoms with van der Waals surface area (Å²) >= 11 is 0. The number of nitrogens with two attached hydrogens (primary N) is 1. The van der Waals surface area contributed by atoms with Crippen LogP contribution in [0.4, 0.5) is 5.69 Å². The van der Waals surface area contributed by atoms with Crippen molar-refractivity contribution >= 4 is 11.5 Å². The van der Waals surface area contributed by atoms with E-state index in [2.05, 4.69) is 0 Å². The second kappa shape index (κ2) is 5.77. The van der Waals surface area contributed by atoms with Gasteiger partial charge in [-0.05, 0) is 43.9 Å². The van der Waals surface area contributed by atoms with E-state index in [0.717, 1.165) is 23.6 Å². The first kappa shape index (κ1) is 14.1. The van der Waals surface area contributed by atoms with Crippen LogP contribution >= 0.6 is 0 Å². The van der Waals surface area contributed by atoms with Crippen LogP contribution in [0.1, 0.15) is 57.9 Å². The minimum Gasteiger partial charge on any atom is -0.399 e. The van der Waals surface area contributed by atoms with Crippen LogP contribution in [-0.4, -0.2) is 5.78 Å². The Kier molecular flexibility index (Phi) is 4.28. The Bertz CT molecular complexity index is 427. The van der Waals surface area contributed by atoms with Gasteiger partial charge in [0, 0.05) is 17.5 Å². The molecule has 1 aromatic carbocycles. The van der Waals surface area contributed by atoms with E-state index in [1.54, 1.807) is 0 Å². The number of nitrogen functional groups attached to an aromatic ring is 1. The normalized spacial score (nSPS) is 16.7. The molecule has 19 heavy (non-hydrogen) atoms. The second-order valence-electron chi connectivity index (χ2n) is 6.36. The minimum absolute atomic E-state index is 0.351. The number of ketones is 1. The monoisotopic (exact) mass is 259 g/mol. The fraction of sp³-hybridized carbons (Fsp3) is 0.588. The molecular formula is C17H25NO. The molecule has 0 bridgehead atoms. The fourth-order valence-corrected chi connectivity index (χ4v) is 3.01. The summed E-state index contributed by atoms with van der Waals surface area (Å²) in [5.41, 5.74) is 7.12. The maximum Gasteiger partial charge on any atom is 0.142 e. The Morgan fingerprint density at radius 1 is 1.21 bits per heavy atom. The topological polar surface area (TPSA) is 43.1 Å². The van der Waals surface area contributed by atoms with Gasteiger partial charge in [-0.3, -0.25) is 4.79 Å². The molecule has 0 radical (unpaired) electrons. The van der Waals surface area contributed by atoms with E-state index in [-0.39, 0.29) is 0 Å². The van der Waals surface area contributed by atoms with Crippen molar-refractivity contribution in [3.05, 3.63) is 29.8 Å². The average Bonchev–Trinajstić information content (AvgIpc) is 2.89. The van der Waals surface area contributed by atoms with Crippen molar-refractivity contribution in [3.63, 3.8) is 0 Å². The van der Waals surface area contributed by atoms with Crippen molar-refractivity contribution < 1.29 is 4.79 Å². The van der Waals surface area contributed by atoms with Gasteiger partial charge in [0.2, 0.25) is 0 Å². The van der Waals surface area contributed by atoms with Crippen LogP contribution in [0.15, 0.2) is 24.3 Å². The summed E-state index contributed by atoms with van der Waals surface area (Å²) in [6, 6.07) is 7.70. The molecule has 1 aliphatic carbocycles. The maximum atomic E-state index is 12.5. The number of benzene rings is 1. The number of carbonyl (C=O) groups is 1. The first-order valence-electron chi connectivity index (χ1n) is 7.39. The predicted octanol–water partition coefficient (Wildman–Crippen LogP) is 4.09. The zero-order chi connectivity index (χ0) is 13.9. The molecule has 2 N–H and O–H groups in total. The van der Waals surface area contributed by atoms with E-state index >= 15 is 0 Å². The fourth-order valence-electron chi connectivity index (χ4n) is 3.01.